The molecule has 2 N–H and O–H groups in total. The summed E-state index contributed by atoms with van der Waals surface area (Å²) in [5.41, 5.74) is 2.70. The Hall–Kier alpha value is -1.02. The first-order valence-corrected chi connectivity index (χ1v) is 6.99. The normalized spacial score (nSPS) is 20.7. The van der Waals surface area contributed by atoms with Crippen LogP contribution in [0.5, 0.6) is 0 Å². The zero-order chi connectivity index (χ0) is 11.5. The van der Waals surface area contributed by atoms with Crippen LogP contribution in [-0.2, 0) is 6.54 Å². The van der Waals surface area contributed by atoms with Crippen molar-refractivity contribution >= 4 is 5.69 Å². The molecule has 0 saturated heterocycles. The Kier molecular flexibility index (Phi) is 3.32. The molecule has 0 unspecified atom stereocenters. The highest BCUT2D eigenvalue weighted by molar-refractivity contribution is 5.46. The van der Waals surface area contributed by atoms with E-state index in [2.05, 4.69) is 34.9 Å². The zero-order valence-corrected chi connectivity index (χ0v) is 10.4. The van der Waals surface area contributed by atoms with E-state index in [1.54, 1.807) is 0 Å². The van der Waals surface area contributed by atoms with Crippen molar-refractivity contribution in [3.05, 3.63) is 29.8 Å². The van der Waals surface area contributed by atoms with Crippen LogP contribution in [0.4, 0.5) is 5.69 Å². The summed E-state index contributed by atoms with van der Waals surface area (Å²) < 4.78 is 0. The van der Waals surface area contributed by atoms with E-state index < -0.39 is 0 Å². The smallest absolute Gasteiger partial charge is 0.0345 e. The second kappa shape index (κ2) is 5.09. The lowest BCUT2D eigenvalue weighted by Gasteiger charge is -2.14. The summed E-state index contributed by atoms with van der Waals surface area (Å²) in [6, 6.07) is 10.4. The Bertz CT molecular complexity index is 365. The van der Waals surface area contributed by atoms with E-state index in [-0.39, 0.29) is 0 Å². The SMILES string of the molecule is c1cc(CNC2CC2)cc(NC2CCCC2)c1. The molecule has 0 heterocycles. The summed E-state index contributed by atoms with van der Waals surface area (Å²) in [6.45, 7) is 1.02. The predicted molar refractivity (Wildman–Crippen MR) is 72.2 cm³/mol. The van der Waals surface area contributed by atoms with Gasteiger partial charge in [0.2, 0.25) is 0 Å². The fourth-order valence-electron chi connectivity index (χ4n) is 2.63. The number of hydrogen-bond donors (Lipinski definition) is 2. The van der Waals surface area contributed by atoms with Gasteiger partial charge in [0.25, 0.3) is 0 Å². The molecular weight excluding hydrogens is 208 g/mol. The van der Waals surface area contributed by atoms with E-state index in [1.165, 1.54) is 49.8 Å². The third kappa shape index (κ3) is 3.22. The fourth-order valence-corrected chi connectivity index (χ4v) is 2.63. The van der Waals surface area contributed by atoms with Crippen molar-refractivity contribution in [2.45, 2.75) is 57.2 Å². The van der Waals surface area contributed by atoms with Gasteiger partial charge in [-0.1, -0.05) is 25.0 Å². The zero-order valence-electron chi connectivity index (χ0n) is 10.4. The van der Waals surface area contributed by atoms with E-state index in [0.29, 0.717) is 6.04 Å². The minimum absolute atomic E-state index is 0.710. The molecule has 2 heteroatoms. The van der Waals surface area contributed by atoms with Crippen molar-refractivity contribution in [3.8, 4) is 0 Å². The molecule has 0 atom stereocenters. The fraction of sp³-hybridized carbons (Fsp3) is 0.600. The maximum absolute atomic E-state index is 3.66. The van der Waals surface area contributed by atoms with Gasteiger partial charge in [0.1, 0.15) is 0 Å². The van der Waals surface area contributed by atoms with Crippen LogP contribution >= 0.6 is 0 Å². The monoisotopic (exact) mass is 230 g/mol. The number of nitrogens with one attached hydrogen (secondary N) is 2. The molecule has 2 fully saturated rings. The lowest BCUT2D eigenvalue weighted by atomic mass is 10.1. The second-order valence-electron chi connectivity index (χ2n) is 5.48. The minimum atomic E-state index is 0.710. The second-order valence-corrected chi connectivity index (χ2v) is 5.48. The molecule has 1 aromatic carbocycles. The van der Waals surface area contributed by atoms with Gasteiger partial charge in [-0.25, -0.2) is 0 Å². The quantitative estimate of drug-likeness (QED) is 0.811. The molecule has 0 aromatic heterocycles. The molecule has 2 aliphatic carbocycles. The van der Waals surface area contributed by atoms with Crippen LogP contribution in [0.25, 0.3) is 0 Å². The molecule has 0 bridgehead atoms. The molecule has 0 spiro atoms. The lowest BCUT2D eigenvalue weighted by molar-refractivity contribution is 0.687. The van der Waals surface area contributed by atoms with E-state index >= 15 is 0 Å². The van der Waals surface area contributed by atoms with Crippen molar-refractivity contribution in [3.63, 3.8) is 0 Å². The Morgan fingerprint density at radius 2 is 1.82 bits per heavy atom. The molecule has 17 heavy (non-hydrogen) atoms. The summed E-state index contributed by atoms with van der Waals surface area (Å²) in [7, 11) is 0. The van der Waals surface area contributed by atoms with Gasteiger partial charge in [-0.2, -0.15) is 0 Å². The van der Waals surface area contributed by atoms with Crippen LogP contribution in [0.15, 0.2) is 24.3 Å². The average molecular weight is 230 g/mol. The van der Waals surface area contributed by atoms with Crippen molar-refractivity contribution < 1.29 is 0 Å². The number of rotatable bonds is 5. The molecule has 2 saturated carbocycles. The highest BCUT2D eigenvalue weighted by Gasteiger charge is 2.20. The number of hydrogen-bond acceptors (Lipinski definition) is 2. The standard InChI is InChI=1S/C15H22N2/c1-2-6-14(5-1)17-15-7-3-4-12(10-15)11-16-13-8-9-13/h3-4,7,10,13-14,16-17H,1-2,5-6,8-9,11H2. The van der Waals surface area contributed by atoms with Gasteiger partial charge >= 0.3 is 0 Å². The molecule has 92 valence electrons. The van der Waals surface area contributed by atoms with Gasteiger partial charge in [0.05, 0.1) is 0 Å². The average Bonchev–Trinajstić information content (AvgIpc) is 3.05. The molecule has 2 nitrogen and oxygen atoms in total. The van der Waals surface area contributed by atoms with Gasteiger partial charge < -0.3 is 10.6 Å². The van der Waals surface area contributed by atoms with Gasteiger partial charge in [-0.05, 0) is 43.4 Å². The minimum Gasteiger partial charge on any atom is -0.382 e. The van der Waals surface area contributed by atoms with Crippen molar-refractivity contribution in [1.29, 1.82) is 0 Å². The van der Waals surface area contributed by atoms with Gasteiger partial charge in [-0.3, -0.25) is 0 Å². The van der Waals surface area contributed by atoms with Crippen LogP contribution in [0, 0.1) is 0 Å². The maximum atomic E-state index is 3.66. The molecular formula is C15H22N2. The van der Waals surface area contributed by atoms with Crippen LogP contribution in [0.2, 0.25) is 0 Å². The lowest BCUT2D eigenvalue weighted by Crippen LogP contribution is -2.17. The highest BCUT2D eigenvalue weighted by atomic mass is 14.9. The third-order valence-corrected chi connectivity index (χ3v) is 3.83. The Labute approximate surface area is 104 Å². The van der Waals surface area contributed by atoms with Crippen LogP contribution in [0.3, 0.4) is 0 Å². The molecule has 0 aliphatic heterocycles. The summed E-state index contributed by atoms with van der Waals surface area (Å²) in [5, 5.41) is 7.22. The van der Waals surface area contributed by atoms with E-state index in [4.69, 9.17) is 0 Å². The molecule has 2 aliphatic rings. The Balaban J connectivity index is 1.56. The topological polar surface area (TPSA) is 24.1 Å². The van der Waals surface area contributed by atoms with Crippen LogP contribution < -0.4 is 10.6 Å². The Morgan fingerprint density at radius 3 is 2.59 bits per heavy atom. The maximum Gasteiger partial charge on any atom is 0.0345 e. The van der Waals surface area contributed by atoms with Crippen molar-refractivity contribution in [2.75, 3.05) is 5.32 Å². The van der Waals surface area contributed by atoms with Gasteiger partial charge in [-0.15, -0.1) is 0 Å². The molecule has 0 amide bonds. The summed E-state index contributed by atoms with van der Waals surface area (Å²) in [4.78, 5) is 0. The number of benzene rings is 1. The first-order valence-electron chi connectivity index (χ1n) is 6.99. The van der Waals surface area contributed by atoms with Crippen LogP contribution in [-0.4, -0.2) is 12.1 Å². The van der Waals surface area contributed by atoms with Crippen molar-refractivity contribution in [1.82, 2.24) is 5.32 Å². The van der Waals surface area contributed by atoms with E-state index in [9.17, 15) is 0 Å². The third-order valence-electron chi connectivity index (χ3n) is 3.83. The summed E-state index contributed by atoms with van der Waals surface area (Å²) >= 11 is 0. The molecule has 1 aromatic rings. The summed E-state index contributed by atoms with van der Waals surface area (Å²) in [5.74, 6) is 0. The first kappa shape index (κ1) is 11.1. The van der Waals surface area contributed by atoms with E-state index in [1.807, 2.05) is 0 Å². The highest BCUT2D eigenvalue weighted by Crippen LogP contribution is 2.23. The number of anilines is 1. The van der Waals surface area contributed by atoms with Crippen LogP contribution in [0.1, 0.15) is 44.1 Å². The van der Waals surface area contributed by atoms with Gasteiger partial charge in [0.15, 0.2) is 0 Å². The van der Waals surface area contributed by atoms with Crippen molar-refractivity contribution in [2.24, 2.45) is 0 Å². The Morgan fingerprint density at radius 1 is 1.00 bits per heavy atom. The molecule has 3 rings (SSSR count). The van der Waals surface area contributed by atoms with Gasteiger partial charge in [0, 0.05) is 24.3 Å². The predicted octanol–water partition coefficient (Wildman–Crippen LogP) is 3.29. The first-order chi connectivity index (χ1) is 8.40. The van der Waals surface area contributed by atoms with E-state index in [0.717, 1.165) is 12.6 Å². The largest absolute Gasteiger partial charge is 0.382 e. The summed E-state index contributed by atoms with van der Waals surface area (Å²) in [6.07, 6.45) is 8.18. The molecule has 0 radical (unpaired) electrons.